The largest absolute Gasteiger partial charge is 4.00 e. The van der Waals surface area contributed by atoms with E-state index >= 15 is 0 Å². The topological polar surface area (TPSA) is 0 Å². The van der Waals surface area contributed by atoms with Crippen LogP contribution in [0.25, 0.3) is 11.1 Å². The number of aryl methyl sites for hydroxylation is 1. The van der Waals surface area contributed by atoms with Crippen LogP contribution < -0.4 is 24.8 Å². The molecule has 0 aliphatic heterocycles. The van der Waals surface area contributed by atoms with E-state index in [0.29, 0.717) is 11.8 Å². The standard InChI is InChI=1S/C37H41.C5H5.2ClH.Zr/c1-25(27(3)36(4,5)31-14-10-8-11-15-31)20-28-18-19-33-30(22-28)23-29-21-26(2)35(24-34(29)33)37(6,7)32-16-12-9-13-17-32;1-2-4-5-3-1;;;/h8-19,21,24-25,27H,20,23H2,1-7H3;1-3H,4H2;2*1H;/q2*-1;;;+4/p-2. The van der Waals surface area contributed by atoms with Crippen LogP contribution in [0.3, 0.4) is 0 Å². The molecule has 0 saturated carbocycles. The maximum atomic E-state index is 3.86. The Morgan fingerprint density at radius 1 is 0.778 bits per heavy atom. The average Bonchev–Trinajstić information content (AvgIpc) is 3.69. The van der Waals surface area contributed by atoms with Gasteiger partial charge in [-0.25, -0.2) is 12.2 Å². The minimum Gasteiger partial charge on any atom is -1.00 e. The molecule has 2 aliphatic rings. The number of benzene rings is 4. The first-order valence-electron chi connectivity index (χ1n) is 15.6. The van der Waals surface area contributed by atoms with Crippen molar-refractivity contribution in [2.75, 3.05) is 0 Å². The Bertz CT molecular complexity index is 1570. The number of hydrogen-bond donors (Lipinski definition) is 0. The third kappa shape index (κ3) is 8.60. The van der Waals surface area contributed by atoms with Gasteiger partial charge in [-0.1, -0.05) is 120 Å². The molecule has 0 radical (unpaired) electrons. The Morgan fingerprint density at radius 2 is 1.40 bits per heavy atom. The van der Waals surface area contributed by atoms with Crippen molar-refractivity contribution >= 4 is 0 Å². The summed E-state index contributed by atoms with van der Waals surface area (Å²) in [6.07, 6.45) is 12.1. The van der Waals surface area contributed by atoms with Gasteiger partial charge < -0.3 is 24.8 Å². The van der Waals surface area contributed by atoms with Crippen LogP contribution in [0.15, 0.2) is 103 Å². The van der Waals surface area contributed by atoms with Crippen molar-refractivity contribution in [3.05, 3.63) is 154 Å². The summed E-state index contributed by atoms with van der Waals surface area (Å²) >= 11 is 0. The molecule has 0 N–H and O–H groups in total. The fraction of sp³-hybridized carbons (Fsp3) is 0.333. The van der Waals surface area contributed by atoms with E-state index in [9.17, 15) is 0 Å². The van der Waals surface area contributed by atoms with Crippen LogP contribution in [0.2, 0.25) is 0 Å². The second-order valence-electron chi connectivity index (χ2n) is 13.4. The van der Waals surface area contributed by atoms with Crippen molar-refractivity contribution in [2.24, 2.45) is 11.8 Å². The van der Waals surface area contributed by atoms with Gasteiger partial charge in [0.25, 0.3) is 0 Å². The molecule has 0 amide bonds. The summed E-state index contributed by atoms with van der Waals surface area (Å²) in [6, 6.07) is 35.3. The van der Waals surface area contributed by atoms with Crippen LogP contribution in [-0.2, 0) is 49.9 Å². The van der Waals surface area contributed by atoms with Crippen LogP contribution in [-0.4, -0.2) is 0 Å². The van der Waals surface area contributed by atoms with Gasteiger partial charge in [-0.15, -0.1) is 17.5 Å². The fourth-order valence-electron chi connectivity index (χ4n) is 6.84. The van der Waals surface area contributed by atoms with Gasteiger partial charge in [-0.3, -0.25) is 6.08 Å². The predicted octanol–water partition coefficient (Wildman–Crippen LogP) is 4.80. The molecule has 0 aromatic heterocycles. The van der Waals surface area contributed by atoms with E-state index in [1.807, 2.05) is 12.2 Å². The molecule has 3 heteroatoms. The monoisotopic (exact) mass is 710 g/mol. The van der Waals surface area contributed by atoms with E-state index in [1.165, 1.54) is 50.1 Å². The summed E-state index contributed by atoms with van der Waals surface area (Å²) in [4.78, 5) is 0. The van der Waals surface area contributed by atoms with Gasteiger partial charge in [0.1, 0.15) is 0 Å². The first-order chi connectivity index (χ1) is 20.1. The molecule has 0 heterocycles. The minimum atomic E-state index is -0.0378. The van der Waals surface area contributed by atoms with Gasteiger partial charge in [-0.2, -0.15) is 29.8 Å². The molecular formula is C42H46Cl2Zr. The molecule has 2 unspecified atom stereocenters. The van der Waals surface area contributed by atoms with E-state index < -0.39 is 0 Å². The molecule has 0 nitrogen and oxygen atoms in total. The zero-order chi connectivity index (χ0) is 29.9. The summed E-state index contributed by atoms with van der Waals surface area (Å²) in [5, 5.41) is 0. The van der Waals surface area contributed by atoms with E-state index in [2.05, 4.69) is 152 Å². The quantitative estimate of drug-likeness (QED) is 0.213. The molecule has 2 aliphatic carbocycles. The molecular weight excluding hydrogens is 667 g/mol. The van der Waals surface area contributed by atoms with Gasteiger partial charge in [0.15, 0.2) is 0 Å². The fourth-order valence-corrected chi connectivity index (χ4v) is 6.84. The number of hydrogen-bond acceptors (Lipinski definition) is 0. The second-order valence-corrected chi connectivity index (χ2v) is 13.4. The molecule has 2 atom stereocenters. The Kier molecular flexibility index (Phi) is 14.4. The summed E-state index contributed by atoms with van der Waals surface area (Å²) < 4.78 is 0. The van der Waals surface area contributed by atoms with Gasteiger partial charge in [-0.05, 0) is 64.8 Å². The molecule has 232 valence electrons. The van der Waals surface area contributed by atoms with Crippen molar-refractivity contribution in [2.45, 2.75) is 78.6 Å². The van der Waals surface area contributed by atoms with Gasteiger partial charge in [0.05, 0.1) is 0 Å². The van der Waals surface area contributed by atoms with Crippen molar-refractivity contribution < 1.29 is 51.0 Å². The van der Waals surface area contributed by atoms with Crippen LogP contribution >= 0.6 is 0 Å². The van der Waals surface area contributed by atoms with Crippen LogP contribution in [0.5, 0.6) is 0 Å². The third-order valence-electron chi connectivity index (χ3n) is 10.0. The van der Waals surface area contributed by atoms with E-state index in [0.717, 1.165) is 19.3 Å². The van der Waals surface area contributed by atoms with Gasteiger partial charge >= 0.3 is 26.2 Å². The van der Waals surface area contributed by atoms with Crippen LogP contribution in [0.4, 0.5) is 0 Å². The van der Waals surface area contributed by atoms with Gasteiger partial charge in [0, 0.05) is 5.41 Å². The Hall–Kier alpha value is -2.18. The van der Waals surface area contributed by atoms with Crippen molar-refractivity contribution in [3.63, 3.8) is 0 Å². The smallest absolute Gasteiger partial charge is 1.00 e. The van der Waals surface area contributed by atoms with Crippen molar-refractivity contribution in [3.8, 4) is 11.1 Å². The maximum Gasteiger partial charge on any atom is 4.00 e. The summed E-state index contributed by atoms with van der Waals surface area (Å²) in [5.41, 5.74) is 12.6. The summed E-state index contributed by atoms with van der Waals surface area (Å²) in [6.45, 7) is 16.6. The molecule has 0 spiro atoms. The Balaban J connectivity index is 0.000000805. The molecule has 4 aromatic carbocycles. The molecule has 0 fully saturated rings. The predicted molar refractivity (Wildman–Crippen MR) is 180 cm³/mol. The average molecular weight is 713 g/mol. The Morgan fingerprint density at radius 3 is 1.96 bits per heavy atom. The van der Waals surface area contributed by atoms with E-state index in [4.69, 9.17) is 0 Å². The first-order valence-corrected chi connectivity index (χ1v) is 15.6. The molecule has 4 aromatic rings. The van der Waals surface area contributed by atoms with E-state index in [-0.39, 0.29) is 61.8 Å². The molecule has 45 heavy (non-hydrogen) atoms. The van der Waals surface area contributed by atoms with Gasteiger partial charge in [0.2, 0.25) is 0 Å². The Labute approximate surface area is 304 Å². The maximum absolute atomic E-state index is 3.86. The zero-order valence-corrected chi connectivity index (χ0v) is 31.8. The number of fused-ring (bicyclic) bond motifs is 3. The number of halogens is 2. The molecule has 0 saturated heterocycles. The summed E-state index contributed by atoms with van der Waals surface area (Å²) in [5.74, 6) is 1.12. The normalized spacial score (nSPS) is 14.0. The second kappa shape index (κ2) is 16.6. The van der Waals surface area contributed by atoms with Crippen LogP contribution in [0.1, 0.15) is 86.9 Å². The zero-order valence-electron chi connectivity index (χ0n) is 27.8. The SMILES string of the molecule is Cc1cc2c(cc1C(C)(C)c1ccccc1)-c1ccc(CC(C)C(C)C(C)(C)c3ccccc3)[c-]c1C2.[C-]1=CC=CC1.[Cl-].[Cl-].[Zr+4]. The number of rotatable bonds is 7. The minimum absolute atomic E-state index is 0. The van der Waals surface area contributed by atoms with Crippen molar-refractivity contribution in [1.29, 1.82) is 0 Å². The van der Waals surface area contributed by atoms with Crippen LogP contribution in [0, 0.1) is 30.9 Å². The van der Waals surface area contributed by atoms with E-state index in [1.54, 1.807) is 0 Å². The summed E-state index contributed by atoms with van der Waals surface area (Å²) in [7, 11) is 0. The first kappa shape index (κ1) is 39.0. The molecule has 6 rings (SSSR count). The number of allylic oxidation sites excluding steroid dienone is 4. The molecule has 0 bridgehead atoms. The third-order valence-corrected chi connectivity index (χ3v) is 10.0. The van der Waals surface area contributed by atoms with Crippen molar-refractivity contribution in [1.82, 2.24) is 0 Å².